The van der Waals surface area contributed by atoms with Crippen LogP contribution < -0.4 is 10.1 Å². The number of aromatic nitrogens is 1. The predicted molar refractivity (Wildman–Crippen MR) is 105 cm³/mol. The van der Waals surface area contributed by atoms with Crippen LogP contribution >= 0.6 is 11.3 Å². The van der Waals surface area contributed by atoms with Gasteiger partial charge in [-0.3, -0.25) is 4.79 Å². The van der Waals surface area contributed by atoms with Crippen molar-refractivity contribution in [1.82, 2.24) is 10.3 Å². The van der Waals surface area contributed by atoms with Crippen molar-refractivity contribution in [3.63, 3.8) is 0 Å². The lowest BCUT2D eigenvalue weighted by Gasteiger charge is -2.14. The van der Waals surface area contributed by atoms with E-state index < -0.39 is 0 Å². The summed E-state index contributed by atoms with van der Waals surface area (Å²) in [5.41, 5.74) is 4.55. The Kier molecular flexibility index (Phi) is 6.39. The SMILES string of the molecule is CC(CCc1ccccc1)NC(=O)c1cccc(OCc2cscn2)c1. The molecule has 1 N–H and O–H groups in total. The number of ether oxygens (including phenoxy) is 1. The van der Waals surface area contributed by atoms with E-state index >= 15 is 0 Å². The van der Waals surface area contributed by atoms with Crippen LogP contribution in [0.2, 0.25) is 0 Å². The summed E-state index contributed by atoms with van der Waals surface area (Å²) in [6.07, 6.45) is 1.84. The van der Waals surface area contributed by atoms with Crippen molar-refractivity contribution in [2.45, 2.75) is 32.4 Å². The first-order valence-corrected chi connectivity index (χ1v) is 9.60. The van der Waals surface area contributed by atoms with Crippen LogP contribution in [0.5, 0.6) is 5.75 Å². The number of benzene rings is 2. The molecule has 134 valence electrons. The fraction of sp³-hybridized carbons (Fsp3) is 0.238. The smallest absolute Gasteiger partial charge is 0.251 e. The van der Waals surface area contributed by atoms with Gasteiger partial charge in [0.2, 0.25) is 0 Å². The first kappa shape index (κ1) is 18.1. The van der Waals surface area contributed by atoms with Crippen molar-refractivity contribution < 1.29 is 9.53 Å². The summed E-state index contributed by atoms with van der Waals surface area (Å²) in [6, 6.07) is 17.7. The van der Waals surface area contributed by atoms with Crippen LogP contribution in [0.15, 0.2) is 65.5 Å². The number of nitrogens with zero attached hydrogens (tertiary/aromatic N) is 1. The van der Waals surface area contributed by atoms with Crippen molar-refractivity contribution >= 4 is 17.2 Å². The summed E-state index contributed by atoms with van der Waals surface area (Å²) in [4.78, 5) is 16.7. The van der Waals surface area contributed by atoms with Crippen LogP contribution in [-0.4, -0.2) is 16.9 Å². The molecule has 5 heteroatoms. The minimum absolute atomic E-state index is 0.0790. The fourth-order valence-corrected chi connectivity index (χ4v) is 3.14. The molecule has 0 fully saturated rings. The molecule has 0 aliphatic rings. The molecule has 1 unspecified atom stereocenters. The summed E-state index contributed by atoms with van der Waals surface area (Å²) < 4.78 is 5.72. The molecule has 0 aliphatic heterocycles. The Morgan fingerprint density at radius 3 is 2.81 bits per heavy atom. The highest BCUT2D eigenvalue weighted by Crippen LogP contribution is 2.16. The lowest BCUT2D eigenvalue weighted by Crippen LogP contribution is -2.32. The molecule has 26 heavy (non-hydrogen) atoms. The first-order valence-electron chi connectivity index (χ1n) is 8.65. The van der Waals surface area contributed by atoms with Crippen LogP contribution in [0.1, 0.15) is 35.0 Å². The monoisotopic (exact) mass is 366 g/mol. The second kappa shape index (κ2) is 9.15. The van der Waals surface area contributed by atoms with E-state index in [9.17, 15) is 4.79 Å². The highest BCUT2D eigenvalue weighted by atomic mass is 32.1. The average molecular weight is 366 g/mol. The molecule has 2 aromatic carbocycles. The molecule has 4 nitrogen and oxygen atoms in total. The second-order valence-corrected chi connectivity index (χ2v) is 6.91. The van der Waals surface area contributed by atoms with Gasteiger partial charge in [-0.2, -0.15) is 0 Å². The molecule has 3 aromatic rings. The van der Waals surface area contributed by atoms with Crippen LogP contribution in [0.25, 0.3) is 0 Å². The van der Waals surface area contributed by atoms with Crippen LogP contribution in [0.4, 0.5) is 0 Å². The summed E-state index contributed by atoms with van der Waals surface area (Å²) in [7, 11) is 0. The van der Waals surface area contributed by atoms with Crippen molar-refractivity contribution in [3.8, 4) is 5.75 Å². The van der Waals surface area contributed by atoms with Crippen LogP contribution in [-0.2, 0) is 13.0 Å². The Labute approximate surface area is 157 Å². The zero-order valence-electron chi connectivity index (χ0n) is 14.7. The van der Waals surface area contributed by atoms with E-state index in [1.165, 1.54) is 16.9 Å². The van der Waals surface area contributed by atoms with Gasteiger partial charge in [0.15, 0.2) is 0 Å². The Hall–Kier alpha value is -2.66. The van der Waals surface area contributed by atoms with Crippen LogP contribution in [0, 0.1) is 0 Å². The maximum absolute atomic E-state index is 12.5. The number of aryl methyl sites for hydroxylation is 1. The van der Waals surface area contributed by atoms with Gasteiger partial charge in [-0.05, 0) is 43.5 Å². The van der Waals surface area contributed by atoms with Gasteiger partial charge in [0, 0.05) is 17.0 Å². The van der Waals surface area contributed by atoms with Gasteiger partial charge < -0.3 is 10.1 Å². The molecular formula is C21H22N2O2S. The molecule has 0 radical (unpaired) electrons. The fourth-order valence-electron chi connectivity index (χ4n) is 2.60. The van der Waals surface area contributed by atoms with E-state index in [4.69, 9.17) is 4.74 Å². The minimum atomic E-state index is -0.0790. The average Bonchev–Trinajstić information content (AvgIpc) is 3.19. The number of hydrogen-bond donors (Lipinski definition) is 1. The molecule has 0 saturated heterocycles. The largest absolute Gasteiger partial charge is 0.487 e. The topological polar surface area (TPSA) is 51.2 Å². The molecule has 1 atom stereocenters. The van der Waals surface area contributed by atoms with E-state index in [1.54, 1.807) is 17.6 Å². The number of amides is 1. The number of carbonyl (C=O) groups excluding carboxylic acids is 1. The Bertz CT molecular complexity index is 819. The van der Waals surface area contributed by atoms with E-state index in [-0.39, 0.29) is 11.9 Å². The normalized spacial score (nSPS) is 11.7. The molecule has 1 amide bonds. The Morgan fingerprint density at radius 2 is 2.04 bits per heavy atom. The highest BCUT2D eigenvalue weighted by molar-refractivity contribution is 7.07. The molecule has 0 aliphatic carbocycles. The number of nitrogens with one attached hydrogen (secondary N) is 1. The van der Waals surface area contributed by atoms with Gasteiger partial charge in [0.25, 0.3) is 5.91 Å². The van der Waals surface area contributed by atoms with Crippen molar-refractivity contribution in [1.29, 1.82) is 0 Å². The zero-order chi connectivity index (χ0) is 18.2. The standard InChI is InChI=1S/C21H22N2O2S/c1-16(10-11-17-6-3-2-4-7-17)23-21(24)18-8-5-9-20(12-18)25-13-19-14-26-15-22-19/h2-9,12,14-16H,10-11,13H2,1H3,(H,23,24). The molecule has 1 heterocycles. The number of thiazole rings is 1. The number of hydrogen-bond acceptors (Lipinski definition) is 4. The van der Waals surface area contributed by atoms with Gasteiger partial charge in [-0.1, -0.05) is 36.4 Å². The van der Waals surface area contributed by atoms with Gasteiger partial charge in [-0.25, -0.2) is 4.98 Å². The summed E-state index contributed by atoms with van der Waals surface area (Å²) in [5.74, 6) is 0.590. The molecule has 3 rings (SSSR count). The second-order valence-electron chi connectivity index (χ2n) is 6.20. The third-order valence-electron chi connectivity index (χ3n) is 4.05. The Balaban J connectivity index is 1.51. The third kappa shape index (κ3) is 5.43. The van der Waals surface area contributed by atoms with E-state index in [1.807, 2.05) is 42.6 Å². The van der Waals surface area contributed by atoms with Crippen molar-refractivity contribution in [2.24, 2.45) is 0 Å². The van der Waals surface area contributed by atoms with E-state index in [2.05, 4.69) is 22.4 Å². The summed E-state index contributed by atoms with van der Waals surface area (Å²) >= 11 is 1.54. The molecule has 1 aromatic heterocycles. The molecule has 0 saturated carbocycles. The van der Waals surface area contributed by atoms with Gasteiger partial charge in [-0.15, -0.1) is 11.3 Å². The van der Waals surface area contributed by atoms with Gasteiger partial charge >= 0.3 is 0 Å². The van der Waals surface area contributed by atoms with E-state index in [0.717, 1.165) is 18.5 Å². The summed E-state index contributed by atoms with van der Waals surface area (Å²) in [6.45, 7) is 2.44. The quantitative estimate of drug-likeness (QED) is 0.640. The van der Waals surface area contributed by atoms with E-state index in [0.29, 0.717) is 17.9 Å². The van der Waals surface area contributed by atoms with Crippen molar-refractivity contribution in [3.05, 3.63) is 82.3 Å². The number of carbonyl (C=O) groups is 1. The summed E-state index contributed by atoms with van der Waals surface area (Å²) in [5, 5.41) is 5.01. The predicted octanol–water partition coefficient (Wildman–Crippen LogP) is 4.47. The van der Waals surface area contributed by atoms with Crippen LogP contribution in [0.3, 0.4) is 0 Å². The lowest BCUT2D eigenvalue weighted by molar-refractivity contribution is 0.0938. The highest BCUT2D eigenvalue weighted by Gasteiger charge is 2.11. The minimum Gasteiger partial charge on any atom is -0.487 e. The zero-order valence-corrected chi connectivity index (χ0v) is 15.5. The molecule has 0 bridgehead atoms. The van der Waals surface area contributed by atoms with Crippen molar-refractivity contribution in [2.75, 3.05) is 0 Å². The Morgan fingerprint density at radius 1 is 1.19 bits per heavy atom. The maximum Gasteiger partial charge on any atom is 0.251 e. The lowest BCUT2D eigenvalue weighted by atomic mass is 10.1. The number of rotatable bonds is 8. The van der Waals surface area contributed by atoms with Gasteiger partial charge in [0.05, 0.1) is 11.2 Å². The van der Waals surface area contributed by atoms with Gasteiger partial charge in [0.1, 0.15) is 12.4 Å². The molecule has 0 spiro atoms. The molecular weight excluding hydrogens is 344 g/mol. The first-order chi connectivity index (χ1) is 12.7. The maximum atomic E-state index is 12.5. The third-order valence-corrected chi connectivity index (χ3v) is 4.69.